The molecule has 4 heteroatoms. The van der Waals surface area contributed by atoms with Crippen molar-refractivity contribution in [2.45, 2.75) is 52.4 Å². The summed E-state index contributed by atoms with van der Waals surface area (Å²) >= 11 is 0. The van der Waals surface area contributed by atoms with E-state index < -0.39 is 0 Å². The van der Waals surface area contributed by atoms with E-state index in [2.05, 4.69) is 323 Å². The molecule has 0 N–H and O–H groups in total. The van der Waals surface area contributed by atoms with E-state index >= 15 is 0 Å². The molecule has 0 amide bonds. The molecule has 13 aromatic carbocycles. The van der Waals surface area contributed by atoms with E-state index in [9.17, 15) is 0 Å². The molecule has 2 heterocycles. The predicted molar refractivity (Wildman–Crippen MR) is 353 cm³/mol. The van der Waals surface area contributed by atoms with Crippen molar-refractivity contribution in [2.75, 3.05) is 14.7 Å². The Morgan fingerprint density at radius 3 is 1.49 bits per heavy atom. The lowest BCUT2D eigenvalue weighted by Crippen LogP contribution is -2.61. The minimum atomic E-state index is -0.112. The molecule has 15 rings (SSSR count). The van der Waals surface area contributed by atoms with Gasteiger partial charge in [0.1, 0.15) is 0 Å². The van der Waals surface area contributed by atoms with Crippen LogP contribution in [0.4, 0.5) is 51.2 Å². The molecule has 0 fully saturated rings. The Hall–Kier alpha value is -9.64. The van der Waals surface area contributed by atoms with Crippen molar-refractivity contribution in [1.29, 1.82) is 0 Å². The van der Waals surface area contributed by atoms with E-state index in [1.165, 1.54) is 105 Å². The highest BCUT2D eigenvalue weighted by molar-refractivity contribution is 7.00. The molecule has 0 radical (unpaired) electrons. The number of anilines is 9. The highest BCUT2D eigenvalue weighted by atomic mass is 15.2. The van der Waals surface area contributed by atoms with Crippen molar-refractivity contribution in [3.05, 3.63) is 278 Å². The third-order valence-electron chi connectivity index (χ3n) is 17.5. The van der Waals surface area contributed by atoms with E-state index in [1.54, 1.807) is 0 Å². The van der Waals surface area contributed by atoms with Crippen molar-refractivity contribution in [2.24, 2.45) is 0 Å². The van der Waals surface area contributed by atoms with Gasteiger partial charge >= 0.3 is 0 Å². The molecule has 0 atom stereocenters. The minimum Gasteiger partial charge on any atom is -0.311 e. The molecule has 392 valence electrons. The van der Waals surface area contributed by atoms with E-state index in [-0.39, 0.29) is 17.5 Å². The van der Waals surface area contributed by atoms with Crippen molar-refractivity contribution < 1.29 is 0 Å². The van der Waals surface area contributed by atoms with Gasteiger partial charge in [-0.2, -0.15) is 0 Å². The Kier molecular flexibility index (Phi) is 11.4. The zero-order valence-electron chi connectivity index (χ0n) is 47.3. The quantitative estimate of drug-likeness (QED) is 0.111. The van der Waals surface area contributed by atoms with Crippen LogP contribution in [0.5, 0.6) is 0 Å². The van der Waals surface area contributed by atoms with Crippen molar-refractivity contribution in [3.8, 4) is 33.4 Å². The Morgan fingerprint density at radius 2 is 0.829 bits per heavy atom. The van der Waals surface area contributed by atoms with Gasteiger partial charge in [-0.1, -0.05) is 236 Å². The van der Waals surface area contributed by atoms with Gasteiger partial charge in [0.25, 0.3) is 6.71 Å². The molecular weight excluding hydrogens is 990 g/mol. The summed E-state index contributed by atoms with van der Waals surface area (Å²) in [5.41, 5.74) is 23.7. The first-order chi connectivity index (χ1) is 39.9. The van der Waals surface area contributed by atoms with E-state index in [0.29, 0.717) is 0 Å². The second kappa shape index (κ2) is 19.0. The maximum Gasteiger partial charge on any atom is 0.252 e. The van der Waals surface area contributed by atoms with Gasteiger partial charge in [-0.05, 0) is 171 Å². The van der Waals surface area contributed by atoms with Crippen LogP contribution in [0.1, 0.15) is 52.7 Å². The number of rotatable bonds is 8. The van der Waals surface area contributed by atoms with Crippen LogP contribution in [0.2, 0.25) is 0 Å². The first kappa shape index (κ1) is 49.4. The Balaban J connectivity index is 1.04. The Labute approximate surface area is 482 Å². The summed E-state index contributed by atoms with van der Waals surface area (Å²) < 4.78 is 0. The highest BCUT2D eigenvalue weighted by Gasteiger charge is 2.45. The molecule has 0 unspecified atom stereocenters. The lowest BCUT2D eigenvalue weighted by atomic mass is 9.33. The fraction of sp³-hybridized carbons (Fsp3) is 0.103. The van der Waals surface area contributed by atoms with E-state index in [1.807, 2.05) is 0 Å². The van der Waals surface area contributed by atoms with Crippen LogP contribution in [0.3, 0.4) is 0 Å². The predicted octanol–water partition coefficient (Wildman–Crippen LogP) is 19.7. The lowest BCUT2D eigenvalue weighted by Gasteiger charge is -2.45. The number of benzene rings is 13. The minimum absolute atomic E-state index is 0.0154. The van der Waals surface area contributed by atoms with Gasteiger partial charge in [0.2, 0.25) is 0 Å². The van der Waals surface area contributed by atoms with Crippen LogP contribution in [-0.2, 0) is 10.8 Å². The third-order valence-corrected chi connectivity index (χ3v) is 17.5. The Bertz CT molecular complexity index is 4520. The van der Waals surface area contributed by atoms with Crippen LogP contribution in [0.15, 0.2) is 267 Å². The molecule has 0 aromatic heterocycles. The number of hydrogen-bond donors (Lipinski definition) is 0. The normalized spacial score (nSPS) is 12.9. The first-order valence-electron chi connectivity index (χ1n) is 28.9. The first-order valence-corrected chi connectivity index (χ1v) is 28.9. The van der Waals surface area contributed by atoms with Crippen LogP contribution in [0, 0.1) is 0 Å². The van der Waals surface area contributed by atoms with Gasteiger partial charge in [0.15, 0.2) is 0 Å². The SMILES string of the molecule is CC(C)(C)c1ccc(N2c3ccc(-c4ccc(-c5ccccc5)cc4)cc3B3c4ccccc4N(c4ccc(C(C)(C)C)cc4-c4ccc5ccc6cccc7ccc4c5c67)c4cc(N(c5ccccc5)c5ccccc5)cc2c43)cc1. The van der Waals surface area contributed by atoms with Crippen LogP contribution in [0.25, 0.3) is 65.7 Å². The third kappa shape index (κ3) is 8.11. The molecular formula is C78H62BN3. The van der Waals surface area contributed by atoms with Crippen molar-refractivity contribution in [3.63, 3.8) is 0 Å². The number of hydrogen-bond acceptors (Lipinski definition) is 3. The average molecular weight is 1050 g/mol. The molecule has 0 saturated heterocycles. The standard InChI is InChI=1S/C78H62BN3/c1-77(2,3)58-38-41-62(42-39-58)81-71-45-37-57(53-31-29-52(30-32-53)51-19-10-7-11-20-51)47-68(71)79-67-27-16-17-28-70(67)82(73-50-63(49-72(81)76(73)79)80(60-23-12-8-13-24-60)61-25-14-9-15-26-61)69-46-40-59(78(4,5)6)48-66(69)64-43-35-56-34-33-54-21-18-22-55-36-44-65(64)75(56)74(54)55/h7-50H,1-6H3. The van der Waals surface area contributed by atoms with E-state index in [0.717, 1.165) is 39.8 Å². The number of para-hydroxylation sites is 3. The maximum atomic E-state index is 2.63. The summed E-state index contributed by atoms with van der Waals surface area (Å²) in [6.07, 6.45) is 0. The zero-order valence-corrected chi connectivity index (χ0v) is 47.3. The molecule has 0 spiro atoms. The summed E-state index contributed by atoms with van der Waals surface area (Å²) in [5.74, 6) is 0. The molecule has 0 aliphatic carbocycles. The molecule has 3 nitrogen and oxygen atoms in total. The number of nitrogens with zero attached hydrogens (tertiary/aromatic N) is 3. The summed E-state index contributed by atoms with van der Waals surface area (Å²) in [7, 11) is 0. The lowest BCUT2D eigenvalue weighted by molar-refractivity contribution is 0.590. The summed E-state index contributed by atoms with van der Waals surface area (Å²) in [5, 5.41) is 7.69. The number of fused-ring (bicyclic) bond motifs is 4. The zero-order chi connectivity index (χ0) is 55.4. The summed E-state index contributed by atoms with van der Waals surface area (Å²) in [6.45, 7) is 13.8. The van der Waals surface area contributed by atoms with Gasteiger partial charge in [0.05, 0.1) is 11.4 Å². The topological polar surface area (TPSA) is 9.72 Å². The molecule has 0 saturated carbocycles. The monoisotopic (exact) mass is 1050 g/mol. The molecule has 0 bridgehead atoms. The van der Waals surface area contributed by atoms with Gasteiger partial charge in [0, 0.05) is 45.4 Å². The highest BCUT2D eigenvalue weighted by Crippen LogP contribution is 2.52. The van der Waals surface area contributed by atoms with Crippen molar-refractivity contribution >= 4 is 107 Å². The smallest absolute Gasteiger partial charge is 0.252 e. The van der Waals surface area contributed by atoms with Gasteiger partial charge in [-0.25, -0.2) is 0 Å². The largest absolute Gasteiger partial charge is 0.311 e. The van der Waals surface area contributed by atoms with Crippen LogP contribution < -0.4 is 31.1 Å². The summed E-state index contributed by atoms with van der Waals surface area (Å²) in [4.78, 5) is 7.63. The fourth-order valence-corrected chi connectivity index (χ4v) is 13.4. The van der Waals surface area contributed by atoms with Gasteiger partial charge in [-0.15, -0.1) is 0 Å². The maximum absolute atomic E-state index is 2.63. The fourth-order valence-electron chi connectivity index (χ4n) is 13.4. The van der Waals surface area contributed by atoms with Gasteiger partial charge < -0.3 is 14.7 Å². The average Bonchev–Trinajstić information content (AvgIpc) is 1.00. The van der Waals surface area contributed by atoms with Crippen molar-refractivity contribution in [1.82, 2.24) is 0 Å². The molecule has 2 aliphatic rings. The molecule has 2 aliphatic heterocycles. The summed E-state index contributed by atoms with van der Waals surface area (Å²) in [6, 6.07) is 100. The second-order valence-corrected chi connectivity index (χ2v) is 24.5. The van der Waals surface area contributed by atoms with Crippen LogP contribution >= 0.6 is 0 Å². The molecule has 82 heavy (non-hydrogen) atoms. The van der Waals surface area contributed by atoms with Crippen LogP contribution in [-0.4, -0.2) is 6.71 Å². The van der Waals surface area contributed by atoms with Gasteiger partial charge in [-0.3, -0.25) is 0 Å². The Morgan fingerprint density at radius 1 is 0.317 bits per heavy atom. The van der Waals surface area contributed by atoms with E-state index in [4.69, 9.17) is 0 Å². The molecule has 13 aromatic rings. The second-order valence-electron chi connectivity index (χ2n) is 24.5.